The van der Waals surface area contributed by atoms with Crippen LogP contribution in [0, 0.1) is 12.3 Å². The summed E-state index contributed by atoms with van der Waals surface area (Å²) < 4.78 is 6.08. The van der Waals surface area contributed by atoms with Crippen LogP contribution in [0.4, 0.5) is 0 Å². The van der Waals surface area contributed by atoms with Crippen LogP contribution in [0.2, 0.25) is 5.02 Å². The summed E-state index contributed by atoms with van der Waals surface area (Å²) in [7, 11) is 1.61. The molecule has 0 aliphatic heterocycles. The zero-order valence-corrected chi connectivity index (χ0v) is 10.3. The van der Waals surface area contributed by atoms with Gasteiger partial charge in [0.2, 0.25) is 0 Å². The van der Waals surface area contributed by atoms with Gasteiger partial charge >= 0.3 is 0 Å². The van der Waals surface area contributed by atoms with Crippen molar-refractivity contribution in [3.8, 4) is 18.1 Å². The van der Waals surface area contributed by atoms with E-state index in [9.17, 15) is 0 Å². The molecule has 1 aromatic rings. The Morgan fingerprint density at radius 1 is 1.57 bits per heavy atom. The molecule has 0 spiro atoms. The predicted molar refractivity (Wildman–Crippen MR) is 63.0 cm³/mol. The fourth-order valence-corrected chi connectivity index (χ4v) is 2.20. The lowest BCUT2D eigenvalue weighted by molar-refractivity contribution is 0.406. The van der Waals surface area contributed by atoms with Crippen LogP contribution < -0.4 is 4.74 Å². The number of ether oxygens (including phenoxy) is 1. The Morgan fingerprint density at radius 2 is 2.21 bits per heavy atom. The number of methoxy groups -OCH3 is 1. The van der Waals surface area contributed by atoms with Crippen molar-refractivity contribution in [3.63, 3.8) is 0 Å². The number of terminal acetylenes is 1. The van der Waals surface area contributed by atoms with E-state index < -0.39 is 0 Å². The van der Waals surface area contributed by atoms with E-state index in [4.69, 9.17) is 22.8 Å². The summed E-state index contributed by atoms with van der Waals surface area (Å²) in [6.45, 7) is 1.93. The van der Waals surface area contributed by atoms with Crippen LogP contribution in [0.15, 0.2) is 16.6 Å². The van der Waals surface area contributed by atoms with E-state index in [1.807, 2.05) is 13.0 Å². The van der Waals surface area contributed by atoms with Gasteiger partial charge in [-0.15, -0.1) is 6.42 Å². The minimum Gasteiger partial charge on any atom is -0.495 e. The zero-order valence-electron chi connectivity index (χ0n) is 7.97. The third-order valence-electron chi connectivity index (χ3n) is 1.96. The van der Waals surface area contributed by atoms with Gasteiger partial charge in [-0.05, 0) is 35.0 Å². The molecule has 1 nitrogen and oxygen atoms in total. The molecule has 1 unspecified atom stereocenters. The summed E-state index contributed by atoms with van der Waals surface area (Å²) in [5.74, 6) is 3.39. The Labute approximate surface area is 97.5 Å². The van der Waals surface area contributed by atoms with Crippen LogP contribution in [-0.4, -0.2) is 7.11 Å². The zero-order chi connectivity index (χ0) is 10.7. The number of benzene rings is 1. The minimum atomic E-state index is -0.0139. The number of hydrogen-bond acceptors (Lipinski definition) is 1. The third kappa shape index (κ3) is 2.23. The smallest absolute Gasteiger partial charge is 0.137 e. The van der Waals surface area contributed by atoms with Crippen LogP contribution in [0.5, 0.6) is 5.75 Å². The molecule has 1 atom stereocenters. The first-order chi connectivity index (χ1) is 6.60. The second-order valence-corrected chi connectivity index (χ2v) is 4.19. The van der Waals surface area contributed by atoms with Crippen molar-refractivity contribution in [2.45, 2.75) is 12.8 Å². The van der Waals surface area contributed by atoms with Gasteiger partial charge in [0.25, 0.3) is 0 Å². The maximum absolute atomic E-state index is 5.93. The summed E-state index contributed by atoms with van der Waals surface area (Å²) in [5, 5.41) is 0.648. The van der Waals surface area contributed by atoms with E-state index in [0.717, 1.165) is 15.8 Å². The van der Waals surface area contributed by atoms with E-state index in [2.05, 4.69) is 21.9 Å². The summed E-state index contributed by atoms with van der Waals surface area (Å²) in [5.41, 5.74) is 0.925. The molecule has 0 saturated carbocycles. The highest BCUT2D eigenvalue weighted by atomic mass is 79.9. The average Bonchev–Trinajstić information content (AvgIpc) is 2.15. The van der Waals surface area contributed by atoms with Gasteiger partial charge in [-0.1, -0.05) is 17.5 Å². The second kappa shape index (κ2) is 4.72. The predicted octanol–water partition coefficient (Wildman–Crippen LogP) is 3.85. The van der Waals surface area contributed by atoms with E-state index in [-0.39, 0.29) is 5.92 Å². The van der Waals surface area contributed by atoms with Crippen molar-refractivity contribution >= 4 is 27.5 Å². The van der Waals surface area contributed by atoms with Gasteiger partial charge in [0, 0.05) is 16.5 Å². The molecule has 0 amide bonds. The van der Waals surface area contributed by atoms with Crippen molar-refractivity contribution in [1.29, 1.82) is 0 Å². The Hall–Kier alpha value is -0.650. The third-order valence-corrected chi connectivity index (χ3v) is 2.76. The van der Waals surface area contributed by atoms with Gasteiger partial charge in [-0.25, -0.2) is 0 Å². The summed E-state index contributed by atoms with van der Waals surface area (Å²) in [4.78, 5) is 0. The van der Waals surface area contributed by atoms with Crippen molar-refractivity contribution in [1.82, 2.24) is 0 Å². The van der Waals surface area contributed by atoms with Crippen molar-refractivity contribution in [3.05, 3.63) is 27.2 Å². The van der Waals surface area contributed by atoms with Gasteiger partial charge in [-0.3, -0.25) is 0 Å². The number of halogens is 2. The van der Waals surface area contributed by atoms with Crippen LogP contribution in [-0.2, 0) is 0 Å². The number of hydrogen-bond donors (Lipinski definition) is 0. The molecule has 1 rings (SSSR count). The molecule has 3 heteroatoms. The van der Waals surface area contributed by atoms with Crippen molar-refractivity contribution < 1.29 is 4.74 Å². The molecular formula is C11H10BrClO. The van der Waals surface area contributed by atoms with Gasteiger partial charge < -0.3 is 4.74 Å². The first-order valence-corrected chi connectivity index (χ1v) is 5.26. The normalized spacial score (nSPS) is 11.9. The molecule has 0 N–H and O–H groups in total. The maximum Gasteiger partial charge on any atom is 0.137 e. The minimum absolute atomic E-state index is 0.0139. The molecule has 0 fully saturated rings. The molecule has 0 aromatic heterocycles. The second-order valence-electron chi connectivity index (χ2n) is 2.90. The van der Waals surface area contributed by atoms with E-state index in [1.165, 1.54) is 0 Å². The Morgan fingerprint density at radius 3 is 2.71 bits per heavy atom. The standard InChI is InChI=1S/C11H10BrClO/c1-4-7(2)9-5-8(13)6-10(12)11(9)14-3/h1,5-7H,2-3H3. The van der Waals surface area contributed by atoms with Crippen LogP contribution >= 0.6 is 27.5 Å². The monoisotopic (exact) mass is 272 g/mol. The molecule has 14 heavy (non-hydrogen) atoms. The topological polar surface area (TPSA) is 9.23 Å². The summed E-state index contributed by atoms with van der Waals surface area (Å²) in [6, 6.07) is 3.61. The lowest BCUT2D eigenvalue weighted by atomic mass is 10.0. The molecule has 0 heterocycles. The quantitative estimate of drug-likeness (QED) is 0.744. The van der Waals surface area contributed by atoms with Crippen molar-refractivity contribution in [2.75, 3.05) is 7.11 Å². The molecular weight excluding hydrogens is 263 g/mol. The molecule has 74 valence electrons. The lowest BCUT2D eigenvalue weighted by Gasteiger charge is -2.13. The van der Waals surface area contributed by atoms with Gasteiger partial charge in [0.1, 0.15) is 5.75 Å². The molecule has 0 aliphatic rings. The molecule has 0 radical (unpaired) electrons. The first kappa shape index (κ1) is 11.4. The molecule has 0 bridgehead atoms. The van der Waals surface area contributed by atoms with Gasteiger partial charge in [-0.2, -0.15) is 0 Å². The molecule has 0 saturated heterocycles. The summed E-state index contributed by atoms with van der Waals surface area (Å²) in [6.07, 6.45) is 5.36. The summed E-state index contributed by atoms with van der Waals surface area (Å²) >= 11 is 9.30. The van der Waals surface area contributed by atoms with Crippen LogP contribution in [0.25, 0.3) is 0 Å². The largest absolute Gasteiger partial charge is 0.495 e. The molecule has 1 aromatic carbocycles. The first-order valence-electron chi connectivity index (χ1n) is 4.09. The van der Waals surface area contributed by atoms with Crippen LogP contribution in [0.3, 0.4) is 0 Å². The highest BCUT2D eigenvalue weighted by molar-refractivity contribution is 9.10. The molecule has 0 aliphatic carbocycles. The fraction of sp³-hybridized carbons (Fsp3) is 0.273. The van der Waals surface area contributed by atoms with Crippen LogP contribution in [0.1, 0.15) is 18.4 Å². The highest BCUT2D eigenvalue weighted by Gasteiger charge is 2.13. The Kier molecular flexibility index (Phi) is 3.86. The SMILES string of the molecule is C#CC(C)c1cc(Cl)cc(Br)c1OC. The van der Waals surface area contributed by atoms with Gasteiger partial charge in [0.15, 0.2) is 0 Å². The van der Waals surface area contributed by atoms with E-state index >= 15 is 0 Å². The Balaban J connectivity index is 3.33. The maximum atomic E-state index is 5.93. The van der Waals surface area contributed by atoms with Crippen molar-refractivity contribution in [2.24, 2.45) is 0 Å². The van der Waals surface area contributed by atoms with E-state index in [1.54, 1.807) is 13.2 Å². The number of rotatable bonds is 2. The van der Waals surface area contributed by atoms with E-state index in [0.29, 0.717) is 5.02 Å². The fourth-order valence-electron chi connectivity index (χ4n) is 1.21. The lowest BCUT2D eigenvalue weighted by Crippen LogP contribution is -1.96. The average molecular weight is 274 g/mol. The highest BCUT2D eigenvalue weighted by Crippen LogP contribution is 2.36. The Bertz CT molecular complexity index is 382. The van der Waals surface area contributed by atoms with Gasteiger partial charge in [0.05, 0.1) is 11.6 Å².